The average Bonchev–Trinajstić information content (AvgIpc) is 2.93. The van der Waals surface area contributed by atoms with E-state index < -0.39 is 6.10 Å². The van der Waals surface area contributed by atoms with E-state index in [1.54, 1.807) is 38.1 Å². The fraction of sp³-hybridized carbons (Fsp3) is 0.267. The molecule has 0 saturated heterocycles. The number of hydrogen-bond acceptors (Lipinski definition) is 3. The number of aryl methyl sites for hydroxylation is 1. The summed E-state index contributed by atoms with van der Waals surface area (Å²) in [5, 5.41) is 2.68. The minimum absolute atomic E-state index is 0.289. The van der Waals surface area contributed by atoms with Crippen LogP contribution in [-0.4, -0.2) is 12.0 Å². The molecule has 0 saturated carbocycles. The molecule has 0 bridgehead atoms. The maximum Gasteiger partial charge on any atom is 0.261 e. The number of rotatable bonds is 5. The van der Waals surface area contributed by atoms with Crippen molar-refractivity contribution in [2.45, 2.75) is 26.5 Å². The highest BCUT2D eigenvalue weighted by Crippen LogP contribution is 2.17. The number of halogens is 1. The lowest BCUT2D eigenvalue weighted by Crippen LogP contribution is -2.35. The second-order valence-electron chi connectivity index (χ2n) is 4.47. The van der Waals surface area contributed by atoms with E-state index in [2.05, 4.69) is 5.32 Å². The molecule has 1 aromatic carbocycles. The van der Waals surface area contributed by atoms with Crippen LogP contribution >= 0.6 is 0 Å². The molecular formula is C15H16FNO3. The molecule has 1 heterocycles. The number of furan rings is 1. The minimum Gasteiger partial charge on any atom is -0.481 e. The monoisotopic (exact) mass is 277 g/mol. The van der Waals surface area contributed by atoms with Gasteiger partial charge in [0.2, 0.25) is 0 Å². The van der Waals surface area contributed by atoms with Crippen LogP contribution < -0.4 is 10.1 Å². The van der Waals surface area contributed by atoms with Gasteiger partial charge in [-0.2, -0.15) is 0 Å². The van der Waals surface area contributed by atoms with Crippen LogP contribution in [0, 0.1) is 12.7 Å². The summed E-state index contributed by atoms with van der Waals surface area (Å²) in [4.78, 5) is 11.8. The van der Waals surface area contributed by atoms with E-state index in [1.807, 2.05) is 0 Å². The summed E-state index contributed by atoms with van der Waals surface area (Å²) in [5.41, 5.74) is 0.535. The highest BCUT2D eigenvalue weighted by molar-refractivity contribution is 5.80. The lowest BCUT2D eigenvalue weighted by Gasteiger charge is -2.14. The molecule has 0 aliphatic heterocycles. The molecule has 1 amide bonds. The number of carbonyl (C=O) groups is 1. The molecule has 0 aliphatic rings. The van der Waals surface area contributed by atoms with Gasteiger partial charge >= 0.3 is 0 Å². The quantitative estimate of drug-likeness (QED) is 0.914. The summed E-state index contributed by atoms with van der Waals surface area (Å²) in [6, 6.07) is 8.02. The maximum absolute atomic E-state index is 13.4. The van der Waals surface area contributed by atoms with Crippen LogP contribution in [0.2, 0.25) is 0 Å². The third kappa shape index (κ3) is 3.60. The Labute approximate surface area is 116 Å². The Kier molecular flexibility index (Phi) is 4.40. The van der Waals surface area contributed by atoms with Gasteiger partial charge in [-0.05, 0) is 37.6 Å². The van der Waals surface area contributed by atoms with Crippen molar-refractivity contribution in [3.05, 3.63) is 53.7 Å². The molecule has 1 N–H and O–H groups in total. The average molecular weight is 277 g/mol. The lowest BCUT2D eigenvalue weighted by molar-refractivity contribution is -0.127. The first-order chi connectivity index (χ1) is 9.56. The Bertz CT molecular complexity index is 581. The SMILES string of the molecule is Cc1ccc(OC(C)C(=O)NCc2ccco2)cc1F. The van der Waals surface area contributed by atoms with Gasteiger partial charge in [-0.15, -0.1) is 0 Å². The smallest absolute Gasteiger partial charge is 0.261 e. The molecule has 1 unspecified atom stereocenters. The number of hydrogen-bond donors (Lipinski definition) is 1. The van der Waals surface area contributed by atoms with Crippen LogP contribution in [0.15, 0.2) is 41.0 Å². The summed E-state index contributed by atoms with van der Waals surface area (Å²) in [7, 11) is 0. The highest BCUT2D eigenvalue weighted by atomic mass is 19.1. The van der Waals surface area contributed by atoms with Gasteiger partial charge in [0.15, 0.2) is 6.10 Å². The number of benzene rings is 1. The van der Waals surface area contributed by atoms with Crippen LogP contribution in [0.5, 0.6) is 5.75 Å². The van der Waals surface area contributed by atoms with Crippen molar-refractivity contribution in [3.8, 4) is 5.75 Å². The van der Waals surface area contributed by atoms with E-state index in [0.717, 1.165) is 0 Å². The van der Waals surface area contributed by atoms with E-state index in [-0.39, 0.29) is 11.7 Å². The van der Waals surface area contributed by atoms with Crippen molar-refractivity contribution in [2.75, 3.05) is 0 Å². The van der Waals surface area contributed by atoms with Gasteiger partial charge in [-0.1, -0.05) is 6.07 Å². The predicted octanol–water partition coefficient (Wildman–Crippen LogP) is 2.81. The van der Waals surface area contributed by atoms with Gasteiger partial charge in [0.1, 0.15) is 17.3 Å². The summed E-state index contributed by atoms with van der Waals surface area (Å²) < 4.78 is 23.9. The first kappa shape index (κ1) is 14.1. The molecule has 106 valence electrons. The van der Waals surface area contributed by atoms with E-state index >= 15 is 0 Å². The Morgan fingerprint density at radius 1 is 1.45 bits per heavy atom. The standard InChI is InChI=1S/C15H16FNO3/c1-10-5-6-12(8-14(10)16)20-11(2)15(18)17-9-13-4-3-7-19-13/h3-8,11H,9H2,1-2H3,(H,17,18). The van der Waals surface area contributed by atoms with Crippen molar-refractivity contribution >= 4 is 5.91 Å². The Balaban J connectivity index is 1.88. The van der Waals surface area contributed by atoms with E-state index in [0.29, 0.717) is 23.6 Å². The van der Waals surface area contributed by atoms with E-state index in [1.165, 1.54) is 12.3 Å². The third-order valence-corrected chi connectivity index (χ3v) is 2.84. The topological polar surface area (TPSA) is 51.5 Å². The fourth-order valence-corrected chi connectivity index (χ4v) is 1.64. The molecule has 2 rings (SSSR count). The van der Waals surface area contributed by atoms with Gasteiger partial charge in [-0.25, -0.2) is 4.39 Å². The largest absolute Gasteiger partial charge is 0.481 e. The molecule has 1 aromatic heterocycles. The highest BCUT2D eigenvalue weighted by Gasteiger charge is 2.15. The van der Waals surface area contributed by atoms with Gasteiger partial charge in [-0.3, -0.25) is 4.79 Å². The van der Waals surface area contributed by atoms with E-state index in [9.17, 15) is 9.18 Å². The molecule has 1 atom stereocenters. The first-order valence-corrected chi connectivity index (χ1v) is 6.29. The molecule has 4 nitrogen and oxygen atoms in total. The zero-order valence-electron chi connectivity index (χ0n) is 11.4. The number of nitrogens with one attached hydrogen (secondary N) is 1. The third-order valence-electron chi connectivity index (χ3n) is 2.84. The molecular weight excluding hydrogens is 261 g/mol. The van der Waals surface area contributed by atoms with Gasteiger partial charge < -0.3 is 14.5 Å². The normalized spacial score (nSPS) is 11.9. The van der Waals surface area contributed by atoms with Crippen LogP contribution in [0.1, 0.15) is 18.2 Å². The summed E-state index contributed by atoms with van der Waals surface area (Å²) in [6.07, 6.45) is 0.823. The second-order valence-corrected chi connectivity index (χ2v) is 4.47. The molecule has 0 fully saturated rings. The molecule has 2 aromatic rings. The predicted molar refractivity (Wildman–Crippen MR) is 71.8 cm³/mol. The Hall–Kier alpha value is -2.30. The molecule has 0 radical (unpaired) electrons. The summed E-state index contributed by atoms with van der Waals surface area (Å²) in [5.74, 6) is 0.341. The van der Waals surface area contributed by atoms with Crippen molar-refractivity contribution in [2.24, 2.45) is 0 Å². The summed E-state index contributed by atoms with van der Waals surface area (Å²) in [6.45, 7) is 3.57. The first-order valence-electron chi connectivity index (χ1n) is 6.29. The molecule has 5 heteroatoms. The van der Waals surface area contributed by atoms with Crippen LogP contribution in [0.3, 0.4) is 0 Å². The van der Waals surface area contributed by atoms with Crippen LogP contribution in [-0.2, 0) is 11.3 Å². The molecule has 0 aliphatic carbocycles. The molecule has 0 spiro atoms. The van der Waals surface area contributed by atoms with E-state index in [4.69, 9.17) is 9.15 Å². The number of carbonyl (C=O) groups excluding carboxylic acids is 1. The maximum atomic E-state index is 13.4. The second kappa shape index (κ2) is 6.23. The van der Waals surface area contributed by atoms with Gasteiger partial charge in [0, 0.05) is 6.07 Å². The zero-order chi connectivity index (χ0) is 14.5. The fourth-order valence-electron chi connectivity index (χ4n) is 1.64. The van der Waals surface area contributed by atoms with Crippen LogP contribution in [0.25, 0.3) is 0 Å². The summed E-state index contributed by atoms with van der Waals surface area (Å²) >= 11 is 0. The number of amides is 1. The number of ether oxygens (including phenoxy) is 1. The van der Waals surface area contributed by atoms with Gasteiger partial charge in [0.05, 0.1) is 12.8 Å². The Morgan fingerprint density at radius 3 is 2.90 bits per heavy atom. The Morgan fingerprint density at radius 2 is 2.25 bits per heavy atom. The van der Waals surface area contributed by atoms with Crippen molar-refractivity contribution in [1.29, 1.82) is 0 Å². The lowest BCUT2D eigenvalue weighted by atomic mass is 10.2. The van der Waals surface area contributed by atoms with Crippen molar-refractivity contribution in [3.63, 3.8) is 0 Å². The zero-order valence-corrected chi connectivity index (χ0v) is 11.4. The minimum atomic E-state index is -0.716. The van der Waals surface area contributed by atoms with Gasteiger partial charge in [0.25, 0.3) is 5.91 Å². The molecule has 20 heavy (non-hydrogen) atoms. The van der Waals surface area contributed by atoms with Crippen LogP contribution in [0.4, 0.5) is 4.39 Å². The van der Waals surface area contributed by atoms with Crippen molar-refractivity contribution < 1.29 is 18.3 Å². The van der Waals surface area contributed by atoms with Crippen molar-refractivity contribution in [1.82, 2.24) is 5.32 Å².